The van der Waals surface area contributed by atoms with Crippen molar-refractivity contribution in [2.75, 3.05) is 14.2 Å². The number of fused-ring (bicyclic) bond motifs is 1. The van der Waals surface area contributed by atoms with Crippen molar-refractivity contribution in [1.82, 2.24) is 15.0 Å². The Hall–Kier alpha value is -2.86. The van der Waals surface area contributed by atoms with Crippen molar-refractivity contribution in [3.05, 3.63) is 59.5 Å². The van der Waals surface area contributed by atoms with E-state index in [1.165, 1.54) is 0 Å². The van der Waals surface area contributed by atoms with Gasteiger partial charge in [0.25, 0.3) is 0 Å². The smallest absolute Gasteiger partial charge is 0.163 e. The number of aromatic amines is 1. The van der Waals surface area contributed by atoms with E-state index in [-0.39, 0.29) is 0 Å². The summed E-state index contributed by atoms with van der Waals surface area (Å²) in [5, 5.41) is 1.11. The number of nitrogens with one attached hydrogen (secondary N) is 1. The average molecular weight is 365 g/mol. The molecule has 2 aromatic carbocycles. The van der Waals surface area contributed by atoms with E-state index in [0.29, 0.717) is 0 Å². The Morgan fingerprint density at radius 3 is 2.81 bits per heavy atom. The first-order valence-electron chi connectivity index (χ1n) is 8.36. The van der Waals surface area contributed by atoms with Gasteiger partial charge < -0.3 is 14.5 Å². The number of ether oxygens (including phenoxy) is 2. The Labute approximate surface area is 155 Å². The Kier molecular flexibility index (Phi) is 4.58. The number of thiazole rings is 1. The van der Waals surface area contributed by atoms with Gasteiger partial charge >= 0.3 is 0 Å². The quantitative estimate of drug-likeness (QED) is 0.547. The van der Waals surface area contributed by atoms with E-state index >= 15 is 0 Å². The zero-order chi connectivity index (χ0) is 17.9. The molecule has 0 aliphatic heterocycles. The Bertz CT molecular complexity index is 1040. The molecule has 0 unspecified atom stereocenters. The Morgan fingerprint density at radius 1 is 1.04 bits per heavy atom. The van der Waals surface area contributed by atoms with Crippen LogP contribution in [0.3, 0.4) is 0 Å². The molecule has 5 nitrogen and oxygen atoms in total. The number of hydrogen-bond acceptors (Lipinski definition) is 5. The number of aromatic nitrogens is 3. The molecule has 2 aromatic heterocycles. The molecule has 4 rings (SSSR count). The fourth-order valence-electron chi connectivity index (χ4n) is 3.04. The van der Waals surface area contributed by atoms with E-state index in [1.54, 1.807) is 31.9 Å². The van der Waals surface area contributed by atoms with Crippen molar-refractivity contribution in [2.24, 2.45) is 0 Å². The third kappa shape index (κ3) is 3.15. The first-order valence-corrected chi connectivity index (χ1v) is 9.18. The standard InChI is InChI=1S/C20H19N3O2S/c1-24-17-5-3-4-13(20(17)25-2)7-9-19-21-11-18(26-19)14-6-8-15-16(10-14)23-12-22-15/h3-6,8,10-12H,7,9H2,1-2H3,(H,22,23). The fourth-order valence-corrected chi connectivity index (χ4v) is 3.95. The normalized spacial score (nSPS) is 11.0. The van der Waals surface area contributed by atoms with Gasteiger partial charge in [-0.15, -0.1) is 11.3 Å². The molecule has 0 amide bonds. The highest BCUT2D eigenvalue weighted by molar-refractivity contribution is 7.15. The van der Waals surface area contributed by atoms with Crippen LogP contribution in [0.5, 0.6) is 11.5 Å². The largest absolute Gasteiger partial charge is 0.493 e. The molecule has 132 valence electrons. The number of para-hydroxylation sites is 1. The van der Waals surface area contributed by atoms with Gasteiger partial charge in [-0.05, 0) is 35.7 Å². The van der Waals surface area contributed by atoms with Crippen LogP contribution in [-0.4, -0.2) is 29.2 Å². The van der Waals surface area contributed by atoms with Gasteiger partial charge in [0, 0.05) is 12.6 Å². The third-order valence-electron chi connectivity index (χ3n) is 4.35. The van der Waals surface area contributed by atoms with E-state index in [0.717, 1.165) is 56.4 Å². The zero-order valence-electron chi connectivity index (χ0n) is 14.7. The van der Waals surface area contributed by atoms with Crippen molar-refractivity contribution < 1.29 is 9.47 Å². The molecule has 0 saturated heterocycles. The van der Waals surface area contributed by atoms with Crippen molar-refractivity contribution in [3.8, 4) is 21.9 Å². The molecule has 0 spiro atoms. The number of rotatable bonds is 6. The molecule has 0 radical (unpaired) electrons. The van der Waals surface area contributed by atoms with Gasteiger partial charge in [-0.3, -0.25) is 0 Å². The van der Waals surface area contributed by atoms with E-state index in [4.69, 9.17) is 9.47 Å². The predicted octanol–water partition coefficient (Wildman–Crippen LogP) is 4.49. The van der Waals surface area contributed by atoms with E-state index in [1.807, 2.05) is 24.4 Å². The second-order valence-electron chi connectivity index (χ2n) is 5.91. The maximum absolute atomic E-state index is 5.51. The summed E-state index contributed by atoms with van der Waals surface area (Å²) >= 11 is 1.72. The van der Waals surface area contributed by atoms with Crippen LogP contribution in [0.1, 0.15) is 10.6 Å². The molecule has 1 N–H and O–H groups in total. The molecule has 4 aromatic rings. The lowest BCUT2D eigenvalue weighted by Crippen LogP contribution is -1.97. The van der Waals surface area contributed by atoms with E-state index in [2.05, 4.69) is 33.2 Å². The van der Waals surface area contributed by atoms with E-state index < -0.39 is 0 Å². The summed E-state index contributed by atoms with van der Waals surface area (Å²) in [5.74, 6) is 1.56. The van der Waals surface area contributed by atoms with Crippen LogP contribution in [0.2, 0.25) is 0 Å². The molecule has 0 aliphatic carbocycles. The van der Waals surface area contributed by atoms with E-state index in [9.17, 15) is 0 Å². The Morgan fingerprint density at radius 2 is 1.96 bits per heavy atom. The third-order valence-corrected chi connectivity index (χ3v) is 5.46. The second-order valence-corrected chi connectivity index (χ2v) is 7.02. The van der Waals surface area contributed by atoms with Crippen LogP contribution in [0.4, 0.5) is 0 Å². The van der Waals surface area contributed by atoms with Crippen LogP contribution < -0.4 is 9.47 Å². The lowest BCUT2D eigenvalue weighted by Gasteiger charge is -2.11. The minimum absolute atomic E-state index is 0.762. The summed E-state index contributed by atoms with van der Waals surface area (Å²) in [6.45, 7) is 0. The maximum atomic E-state index is 5.51. The molecule has 6 heteroatoms. The molecule has 0 aliphatic rings. The van der Waals surface area contributed by atoms with Gasteiger partial charge in [-0.2, -0.15) is 0 Å². The number of benzene rings is 2. The monoisotopic (exact) mass is 365 g/mol. The zero-order valence-corrected chi connectivity index (χ0v) is 15.5. The van der Waals surface area contributed by atoms with Gasteiger partial charge in [0.1, 0.15) is 0 Å². The number of nitrogens with zero attached hydrogens (tertiary/aromatic N) is 2. The molecule has 0 atom stereocenters. The summed E-state index contributed by atoms with van der Waals surface area (Å²) in [6, 6.07) is 12.2. The highest BCUT2D eigenvalue weighted by Gasteiger charge is 2.11. The van der Waals surface area contributed by atoms with Crippen molar-refractivity contribution in [2.45, 2.75) is 12.8 Å². The van der Waals surface area contributed by atoms with Gasteiger partial charge in [-0.1, -0.05) is 18.2 Å². The number of methoxy groups -OCH3 is 2. The maximum Gasteiger partial charge on any atom is 0.163 e. The van der Waals surface area contributed by atoms with Crippen LogP contribution in [0.25, 0.3) is 21.5 Å². The predicted molar refractivity (Wildman–Crippen MR) is 104 cm³/mol. The molecule has 0 fully saturated rings. The van der Waals surface area contributed by atoms with Crippen molar-refractivity contribution in [1.29, 1.82) is 0 Å². The summed E-state index contributed by atoms with van der Waals surface area (Å²) in [6.07, 6.45) is 5.38. The van der Waals surface area contributed by atoms with Gasteiger partial charge in [0.2, 0.25) is 0 Å². The second kappa shape index (κ2) is 7.17. The molecule has 26 heavy (non-hydrogen) atoms. The highest BCUT2D eigenvalue weighted by atomic mass is 32.1. The van der Waals surface area contributed by atoms with Crippen LogP contribution in [-0.2, 0) is 12.8 Å². The minimum atomic E-state index is 0.762. The highest BCUT2D eigenvalue weighted by Crippen LogP contribution is 2.33. The average Bonchev–Trinajstić information content (AvgIpc) is 3.34. The summed E-state index contributed by atoms with van der Waals surface area (Å²) < 4.78 is 10.9. The summed E-state index contributed by atoms with van der Waals surface area (Å²) in [5.41, 5.74) is 4.30. The molecule has 2 heterocycles. The van der Waals surface area contributed by atoms with Crippen molar-refractivity contribution in [3.63, 3.8) is 0 Å². The number of hydrogen-bond donors (Lipinski definition) is 1. The first-order chi connectivity index (χ1) is 12.8. The van der Waals surface area contributed by atoms with Crippen LogP contribution in [0, 0.1) is 0 Å². The molecular formula is C20H19N3O2S. The summed E-state index contributed by atoms with van der Waals surface area (Å²) in [7, 11) is 3.33. The van der Waals surface area contributed by atoms with Crippen molar-refractivity contribution >= 4 is 22.4 Å². The van der Waals surface area contributed by atoms with Gasteiger partial charge in [0.15, 0.2) is 11.5 Å². The van der Waals surface area contributed by atoms with Crippen LogP contribution >= 0.6 is 11.3 Å². The fraction of sp³-hybridized carbons (Fsp3) is 0.200. The first kappa shape index (κ1) is 16.6. The van der Waals surface area contributed by atoms with Gasteiger partial charge in [-0.25, -0.2) is 9.97 Å². The van der Waals surface area contributed by atoms with Gasteiger partial charge in [0.05, 0.1) is 41.5 Å². The SMILES string of the molecule is COc1cccc(CCc2ncc(-c3ccc4nc[nH]c4c3)s2)c1OC. The number of aryl methyl sites for hydroxylation is 2. The Balaban J connectivity index is 1.52. The number of imidazole rings is 1. The van der Waals surface area contributed by atoms with Crippen LogP contribution in [0.15, 0.2) is 48.9 Å². The number of H-pyrrole nitrogens is 1. The summed E-state index contributed by atoms with van der Waals surface area (Å²) in [4.78, 5) is 13.2. The molecular weight excluding hydrogens is 346 g/mol. The molecule has 0 saturated carbocycles. The topological polar surface area (TPSA) is 60.0 Å². The minimum Gasteiger partial charge on any atom is -0.493 e. The lowest BCUT2D eigenvalue weighted by atomic mass is 10.1. The molecule has 0 bridgehead atoms. The lowest BCUT2D eigenvalue weighted by molar-refractivity contribution is 0.351.